The Morgan fingerprint density at radius 1 is 1.15 bits per heavy atom. The Hall–Kier alpha value is -1.58. The molecule has 0 N–H and O–H groups in total. The van der Waals surface area contributed by atoms with Crippen LogP contribution in [0.4, 0.5) is 0 Å². The Morgan fingerprint density at radius 3 is 2.65 bits per heavy atom. The van der Waals surface area contributed by atoms with Crippen molar-refractivity contribution >= 4 is 33.2 Å². The summed E-state index contributed by atoms with van der Waals surface area (Å²) in [5.41, 5.74) is 4.03. The summed E-state index contributed by atoms with van der Waals surface area (Å²) in [7, 11) is 1.67. The molecule has 0 radical (unpaired) electrons. The van der Waals surface area contributed by atoms with Crippen LogP contribution in [0.1, 0.15) is 10.6 Å². The summed E-state index contributed by atoms with van der Waals surface area (Å²) in [6.07, 6.45) is 0. The SMILES string of the molecule is COc1ccc2sc(C)nc2c1-c1ccc(C)cc1Cl. The molecule has 0 bridgehead atoms. The first-order chi connectivity index (χ1) is 9.60. The first-order valence-electron chi connectivity index (χ1n) is 6.31. The minimum atomic E-state index is 0.724. The van der Waals surface area contributed by atoms with Gasteiger partial charge in [-0.2, -0.15) is 0 Å². The molecule has 0 aliphatic rings. The zero-order chi connectivity index (χ0) is 14.3. The van der Waals surface area contributed by atoms with Crippen molar-refractivity contribution in [3.05, 3.63) is 45.9 Å². The number of nitrogens with zero attached hydrogens (tertiary/aromatic N) is 1. The van der Waals surface area contributed by atoms with Gasteiger partial charge in [0.2, 0.25) is 0 Å². The van der Waals surface area contributed by atoms with Crippen LogP contribution in [0.15, 0.2) is 30.3 Å². The molecule has 102 valence electrons. The quantitative estimate of drug-likeness (QED) is 0.645. The van der Waals surface area contributed by atoms with Crippen LogP contribution in [0.3, 0.4) is 0 Å². The van der Waals surface area contributed by atoms with Crippen LogP contribution in [0.25, 0.3) is 21.3 Å². The highest BCUT2D eigenvalue weighted by Gasteiger charge is 2.16. The minimum Gasteiger partial charge on any atom is -0.496 e. The van der Waals surface area contributed by atoms with E-state index in [1.165, 1.54) is 0 Å². The molecule has 3 rings (SSSR count). The second-order valence-electron chi connectivity index (χ2n) is 4.71. The summed E-state index contributed by atoms with van der Waals surface area (Å²) in [6, 6.07) is 10.1. The number of hydrogen-bond acceptors (Lipinski definition) is 3. The van der Waals surface area contributed by atoms with Crippen molar-refractivity contribution < 1.29 is 4.74 Å². The smallest absolute Gasteiger partial charge is 0.129 e. The highest BCUT2D eigenvalue weighted by Crippen LogP contribution is 2.41. The van der Waals surface area contributed by atoms with Crippen LogP contribution >= 0.6 is 22.9 Å². The third-order valence-corrected chi connectivity index (χ3v) is 4.49. The third-order valence-electron chi connectivity index (χ3n) is 3.24. The summed E-state index contributed by atoms with van der Waals surface area (Å²) in [5, 5.41) is 1.76. The Bertz CT molecular complexity index is 795. The van der Waals surface area contributed by atoms with Gasteiger partial charge in [0.1, 0.15) is 5.75 Å². The molecule has 4 heteroatoms. The van der Waals surface area contributed by atoms with Crippen LogP contribution in [-0.4, -0.2) is 12.1 Å². The predicted molar refractivity (Wildman–Crippen MR) is 86.1 cm³/mol. The molecule has 20 heavy (non-hydrogen) atoms. The first kappa shape index (κ1) is 13.4. The zero-order valence-electron chi connectivity index (χ0n) is 11.5. The zero-order valence-corrected chi connectivity index (χ0v) is 13.1. The molecule has 0 saturated heterocycles. The van der Waals surface area contributed by atoms with Gasteiger partial charge < -0.3 is 4.74 Å². The number of benzene rings is 2. The number of hydrogen-bond donors (Lipinski definition) is 0. The summed E-state index contributed by atoms with van der Waals surface area (Å²) >= 11 is 8.10. The molecular weight excluding hydrogens is 290 g/mol. The van der Waals surface area contributed by atoms with Gasteiger partial charge in [-0.1, -0.05) is 23.7 Å². The molecule has 0 aliphatic carbocycles. The van der Waals surface area contributed by atoms with Gasteiger partial charge in [-0.15, -0.1) is 11.3 Å². The van der Waals surface area contributed by atoms with Crippen molar-refractivity contribution in [3.63, 3.8) is 0 Å². The van der Waals surface area contributed by atoms with Crippen LogP contribution in [0.5, 0.6) is 5.75 Å². The van der Waals surface area contributed by atoms with Crippen LogP contribution in [-0.2, 0) is 0 Å². The standard InChI is InChI=1S/C16H14ClNOS/c1-9-4-5-11(12(17)8-9)15-13(19-3)6-7-14-16(15)18-10(2)20-14/h4-8H,1-3H3. The molecule has 3 aromatic rings. The average molecular weight is 304 g/mol. The Morgan fingerprint density at radius 2 is 1.95 bits per heavy atom. The van der Waals surface area contributed by atoms with Crippen molar-refractivity contribution in [3.8, 4) is 16.9 Å². The van der Waals surface area contributed by atoms with Gasteiger partial charge in [0.25, 0.3) is 0 Å². The third kappa shape index (κ3) is 2.17. The lowest BCUT2D eigenvalue weighted by atomic mass is 10.0. The summed E-state index contributed by atoms with van der Waals surface area (Å²) in [4.78, 5) is 4.64. The Labute approximate surface area is 127 Å². The number of ether oxygens (including phenoxy) is 1. The van der Waals surface area contributed by atoms with Gasteiger partial charge in [-0.3, -0.25) is 0 Å². The lowest BCUT2D eigenvalue weighted by Gasteiger charge is -2.11. The van der Waals surface area contributed by atoms with E-state index < -0.39 is 0 Å². The number of aryl methyl sites for hydroxylation is 2. The molecule has 0 saturated carbocycles. The van der Waals surface area contributed by atoms with E-state index in [-0.39, 0.29) is 0 Å². The average Bonchev–Trinajstić information content (AvgIpc) is 2.78. The Kier molecular flexibility index (Phi) is 3.40. The van der Waals surface area contributed by atoms with Gasteiger partial charge in [0.05, 0.1) is 27.9 Å². The minimum absolute atomic E-state index is 0.724. The van der Waals surface area contributed by atoms with Crippen LogP contribution in [0, 0.1) is 13.8 Å². The molecule has 0 aliphatic heterocycles. The Balaban J connectivity index is 2.38. The second-order valence-corrected chi connectivity index (χ2v) is 6.35. The van der Waals surface area contributed by atoms with E-state index in [1.807, 2.05) is 38.1 Å². The number of rotatable bonds is 2. The number of methoxy groups -OCH3 is 1. The van der Waals surface area contributed by atoms with E-state index in [2.05, 4.69) is 11.1 Å². The largest absolute Gasteiger partial charge is 0.496 e. The molecule has 0 amide bonds. The van der Waals surface area contributed by atoms with Gasteiger partial charge in [0, 0.05) is 10.6 Å². The van der Waals surface area contributed by atoms with Crippen molar-refractivity contribution in [2.24, 2.45) is 0 Å². The molecule has 1 aromatic heterocycles. The van der Waals surface area contributed by atoms with Gasteiger partial charge >= 0.3 is 0 Å². The fraction of sp³-hybridized carbons (Fsp3) is 0.188. The number of halogens is 1. The molecular formula is C16H14ClNOS. The number of aromatic nitrogens is 1. The van der Waals surface area contributed by atoms with E-state index >= 15 is 0 Å². The predicted octanol–water partition coefficient (Wildman–Crippen LogP) is 5.24. The number of thiazole rings is 1. The van der Waals surface area contributed by atoms with Crippen molar-refractivity contribution in [1.29, 1.82) is 0 Å². The molecule has 1 heterocycles. The van der Waals surface area contributed by atoms with Crippen molar-refractivity contribution in [2.75, 3.05) is 7.11 Å². The number of fused-ring (bicyclic) bond motifs is 1. The molecule has 0 spiro atoms. The molecule has 0 unspecified atom stereocenters. The fourth-order valence-corrected chi connectivity index (χ4v) is 3.50. The maximum atomic E-state index is 6.42. The lowest BCUT2D eigenvalue weighted by molar-refractivity contribution is 0.417. The molecule has 2 aromatic carbocycles. The normalized spacial score (nSPS) is 11.0. The van der Waals surface area contributed by atoms with Crippen LogP contribution in [0.2, 0.25) is 5.02 Å². The highest BCUT2D eigenvalue weighted by atomic mass is 35.5. The topological polar surface area (TPSA) is 22.1 Å². The van der Waals surface area contributed by atoms with E-state index in [1.54, 1.807) is 18.4 Å². The molecule has 0 atom stereocenters. The van der Waals surface area contributed by atoms with Gasteiger partial charge in [-0.25, -0.2) is 4.98 Å². The summed E-state index contributed by atoms with van der Waals surface area (Å²) in [5.74, 6) is 0.800. The van der Waals surface area contributed by atoms with E-state index in [0.29, 0.717) is 0 Å². The first-order valence-corrected chi connectivity index (χ1v) is 7.50. The van der Waals surface area contributed by atoms with Gasteiger partial charge in [-0.05, 0) is 37.6 Å². The summed E-state index contributed by atoms with van der Waals surface area (Å²) in [6.45, 7) is 4.04. The maximum absolute atomic E-state index is 6.42. The molecule has 0 fully saturated rings. The van der Waals surface area contributed by atoms with Crippen molar-refractivity contribution in [2.45, 2.75) is 13.8 Å². The summed E-state index contributed by atoms with van der Waals surface area (Å²) < 4.78 is 6.66. The van der Waals surface area contributed by atoms with Crippen LogP contribution < -0.4 is 4.74 Å². The maximum Gasteiger partial charge on any atom is 0.129 e. The monoisotopic (exact) mass is 303 g/mol. The lowest BCUT2D eigenvalue weighted by Crippen LogP contribution is -1.90. The highest BCUT2D eigenvalue weighted by molar-refractivity contribution is 7.18. The van der Waals surface area contributed by atoms with E-state index in [0.717, 1.165) is 42.7 Å². The van der Waals surface area contributed by atoms with E-state index in [4.69, 9.17) is 16.3 Å². The fourth-order valence-electron chi connectivity index (χ4n) is 2.34. The van der Waals surface area contributed by atoms with Gasteiger partial charge in [0.15, 0.2) is 0 Å². The second kappa shape index (κ2) is 5.08. The van der Waals surface area contributed by atoms with Crippen molar-refractivity contribution in [1.82, 2.24) is 4.98 Å². The van der Waals surface area contributed by atoms with E-state index in [9.17, 15) is 0 Å². The molecule has 2 nitrogen and oxygen atoms in total.